The van der Waals surface area contributed by atoms with Crippen molar-refractivity contribution in [3.8, 4) is 16.9 Å². The van der Waals surface area contributed by atoms with Crippen LogP contribution in [-0.4, -0.2) is 34.7 Å². The molecule has 0 saturated heterocycles. The molecule has 6 rings (SSSR count). The average Bonchev–Trinajstić information content (AvgIpc) is 3.55. The minimum Gasteiger partial charge on any atom is -0.306 e. The molecular weight excluding hydrogens is 457 g/mol. The second kappa shape index (κ2) is 7.96. The van der Waals surface area contributed by atoms with Gasteiger partial charge in [-0.25, -0.2) is 13.9 Å². The first-order valence-corrected chi connectivity index (χ1v) is 11.0. The van der Waals surface area contributed by atoms with E-state index in [-0.39, 0.29) is 11.2 Å². The minimum atomic E-state index is -0.472. The van der Waals surface area contributed by atoms with Crippen LogP contribution in [0.25, 0.3) is 39.0 Å². The van der Waals surface area contributed by atoms with Crippen molar-refractivity contribution in [2.24, 2.45) is 0 Å². The van der Waals surface area contributed by atoms with E-state index in [0.717, 1.165) is 17.7 Å². The van der Waals surface area contributed by atoms with Crippen molar-refractivity contribution in [2.45, 2.75) is 13.0 Å². The summed E-state index contributed by atoms with van der Waals surface area (Å²) in [5.74, 6) is -0.472. The summed E-state index contributed by atoms with van der Waals surface area (Å²) in [7, 11) is 0. The second-order valence-corrected chi connectivity index (χ2v) is 8.39. The van der Waals surface area contributed by atoms with Crippen LogP contribution in [0.2, 0.25) is 5.02 Å². The van der Waals surface area contributed by atoms with Crippen molar-refractivity contribution in [2.75, 3.05) is 0 Å². The molecule has 0 spiro atoms. The molecule has 10 heteroatoms. The van der Waals surface area contributed by atoms with Gasteiger partial charge in [-0.15, -0.1) is 5.10 Å². The Balaban J connectivity index is 1.39. The summed E-state index contributed by atoms with van der Waals surface area (Å²) in [6.07, 6.45) is 2.45. The van der Waals surface area contributed by atoms with Gasteiger partial charge in [-0.2, -0.15) is 5.10 Å². The Labute approximate surface area is 196 Å². The van der Waals surface area contributed by atoms with Crippen LogP contribution in [0.1, 0.15) is 5.56 Å². The summed E-state index contributed by atoms with van der Waals surface area (Å²) in [6.45, 7) is 0.624. The quantitative estimate of drug-likeness (QED) is 0.385. The van der Waals surface area contributed by atoms with E-state index >= 15 is 4.39 Å². The molecule has 0 fully saturated rings. The molecular formula is C24H17ClFN7O. The first kappa shape index (κ1) is 20.4. The first-order chi connectivity index (χ1) is 16.5. The van der Waals surface area contributed by atoms with Crippen molar-refractivity contribution >= 4 is 33.7 Å². The molecule has 8 nitrogen and oxygen atoms in total. The summed E-state index contributed by atoms with van der Waals surface area (Å²) < 4.78 is 18.4. The van der Waals surface area contributed by atoms with Crippen LogP contribution in [0, 0.1) is 5.82 Å². The fraction of sp³-hybridized carbons (Fsp3) is 0.0833. The van der Waals surface area contributed by atoms with E-state index in [4.69, 9.17) is 11.6 Å². The number of nitrogens with zero attached hydrogens (tertiary/aromatic N) is 5. The van der Waals surface area contributed by atoms with Crippen molar-refractivity contribution < 1.29 is 4.39 Å². The van der Waals surface area contributed by atoms with E-state index in [9.17, 15) is 4.79 Å². The Morgan fingerprint density at radius 3 is 2.65 bits per heavy atom. The van der Waals surface area contributed by atoms with E-state index < -0.39 is 5.82 Å². The van der Waals surface area contributed by atoms with E-state index in [1.807, 2.05) is 41.1 Å². The molecule has 34 heavy (non-hydrogen) atoms. The third kappa shape index (κ3) is 3.56. The second-order valence-electron chi connectivity index (χ2n) is 7.95. The van der Waals surface area contributed by atoms with Gasteiger partial charge in [0.1, 0.15) is 5.52 Å². The molecule has 6 aromatic rings. The summed E-state index contributed by atoms with van der Waals surface area (Å²) in [4.78, 5) is 17.0. The van der Waals surface area contributed by atoms with Gasteiger partial charge in [-0.05, 0) is 60.5 Å². The predicted molar refractivity (Wildman–Crippen MR) is 128 cm³/mol. The van der Waals surface area contributed by atoms with Crippen molar-refractivity contribution in [1.29, 1.82) is 0 Å². The van der Waals surface area contributed by atoms with Crippen LogP contribution in [0.4, 0.5) is 4.39 Å². The third-order valence-corrected chi connectivity index (χ3v) is 6.04. The van der Waals surface area contributed by atoms with Crippen LogP contribution >= 0.6 is 11.6 Å². The number of fused-ring (bicyclic) bond motifs is 2. The van der Waals surface area contributed by atoms with E-state index in [1.54, 1.807) is 29.1 Å². The fourth-order valence-corrected chi connectivity index (χ4v) is 4.24. The molecule has 3 aromatic heterocycles. The van der Waals surface area contributed by atoms with Gasteiger partial charge in [0.05, 0.1) is 27.9 Å². The van der Waals surface area contributed by atoms with E-state index in [1.165, 1.54) is 6.07 Å². The SMILES string of the molecule is O=c1[nH]c2ccc(-n3nnc4c(F)cc(-c5ccnn5CCc5ccc(Cl)cc5)cc43)cc2[nH]1. The molecule has 168 valence electrons. The largest absolute Gasteiger partial charge is 0.323 e. The highest BCUT2D eigenvalue weighted by Crippen LogP contribution is 2.28. The van der Waals surface area contributed by atoms with Gasteiger partial charge in [0, 0.05) is 23.3 Å². The number of halogens is 2. The van der Waals surface area contributed by atoms with Crippen LogP contribution in [0.3, 0.4) is 0 Å². The van der Waals surface area contributed by atoms with Crippen LogP contribution < -0.4 is 5.69 Å². The Morgan fingerprint density at radius 1 is 0.971 bits per heavy atom. The van der Waals surface area contributed by atoms with Gasteiger partial charge in [0.15, 0.2) is 5.82 Å². The zero-order chi connectivity index (χ0) is 23.2. The molecule has 0 amide bonds. The molecule has 0 atom stereocenters. The van der Waals surface area contributed by atoms with Crippen molar-refractivity contribution in [3.63, 3.8) is 0 Å². The summed E-state index contributed by atoms with van der Waals surface area (Å²) in [5, 5.41) is 13.3. The Kier molecular flexibility index (Phi) is 4.77. The number of imidazole rings is 1. The van der Waals surface area contributed by atoms with Gasteiger partial charge >= 0.3 is 5.69 Å². The van der Waals surface area contributed by atoms with Crippen molar-refractivity contribution in [3.05, 3.63) is 93.7 Å². The molecule has 0 saturated carbocycles. The monoisotopic (exact) mass is 473 g/mol. The fourth-order valence-electron chi connectivity index (χ4n) is 4.12. The number of H-pyrrole nitrogens is 2. The highest BCUT2D eigenvalue weighted by Gasteiger charge is 2.16. The minimum absolute atomic E-state index is 0.165. The van der Waals surface area contributed by atoms with Crippen LogP contribution in [-0.2, 0) is 13.0 Å². The molecule has 3 heterocycles. The maximum atomic E-state index is 15.0. The average molecular weight is 474 g/mol. The summed E-state index contributed by atoms with van der Waals surface area (Å²) in [5.41, 5.74) is 4.92. The van der Waals surface area contributed by atoms with Gasteiger partial charge in [-0.3, -0.25) is 4.68 Å². The molecule has 0 aliphatic heterocycles. The number of aryl methyl sites for hydroxylation is 2. The number of aromatic nitrogens is 7. The first-order valence-electron chi connectivity index (χ1n) is 10.6. The number of rotatable bonds is 5. The Bertz CT molecular complexity index is 1710. The molecule has 0 unspecified atom stereocenters. The third-order valence-electron chi connectivity index (χ3n) is 5.79. The maximum Gasteiger partial charge on any atom is 0.323 e. The molecule has 0 bridgehead atoms. The molecule has 0 aliphatic rings. The highest BCUT2D eigenvalue weighted by molar-refractivity contribution is 6.30. The Hall–Kier alpha value is -4.24. The lowest BCUT2D eigenvalue weighted by Gasteiger charge is -2.09. The lowest BCUT2D eigenvalue weighted by atomic mass is 10.1. The molecule has 3 aromatic carbocycles. The van der Waals surface area contributed by atoms with E-state index in [2.05, 4.69) is 25.4 Å². The molecule has 2 N–H and O–H groups in total. The Morgan fingerprint density at radius 2 is 1.79 bits per heavy atom. The van der Waals surface area contributed by atoms with Gasteiger partial charge in [0.25, 0.3) is 0 Å². The maximum absolute atomic E-state index is 15.0. The predicted octanol–water partition coefficient (Wildman–Crippen LogP) is 4.49. The van der Waals surface area contributed by atoms with Gasteiger partial charge < -0.3 is 9.97 Å². The number of benzene rings is 3. The standard InChI is InChI=1S/C24H17ClFN7O/c25-16-3-1-14(2-4-16)8-10-32-21(7-9-27-32)15-11-18(26)23-22(12-15)33(31-30-23)17-5-6-19-20(13-17)29-24(34)28-19/h1-7,9,11-13H,8,10H2,(H2,28,29,34). The van der Waals surface area contributed by atoms with Gasteiger partial charge in [0.2, 0.25) is 0 Å². The summed E-state index contributed by atoms with van der Waals surface area (Å²) >= 11 is 5.97. The molecule has 0 radical (unpaired) electrons. The summed E-state index contributed by atoms with van der Waals surface area (Å²) in [6, 6.07) is 18.2. The highest BCUT2D eigenvalue weighted by atomic mass is 35.5. The topological polar surface area (TPSA) is 97.2 Å². The van der Waals surface area contributed by atoms with E-state index in [0.29, 0.717) is 39.4 Å². The number of hydrogen-bond donors (Lipinski definition) is 2. The number of nitrogens with one attached hydrogen (secondary N) is 2. The normalized spacial score (nSPS) is 11.6. The zero-order valence-electron chi connectivity index (χ0n) is 17.7. The zero-order valence-corrected chi connectivity index (χ0v) is 18.4. The van der Waals surface area contributed by atoms with Crippen LogP contribution in [0.15, 0.2) is 71.7 Å². The van der Waals surface area contributed by atoms with Crippen LogP contribution in [0.5, 0.6) is 0 Å². The van der Waals surface area contributed by atoms with Gasteiger partial charge in [-0.1, -0.05) is 28.9 Å². The lowest BCUT2D eigenvalue weighted by Crippen LogP contribution is -2.05. The van der Waals surface area contributed by atoms with Crippen molar-refractivity contribution in [1.82, 2.24) is 34.7 Å². The number of aromatic amines is 2. The smallest absolute Gasteiger partial charge is 0.306 e. The number of hydrogen-bond acceptors (Lipinski definition) is 4. The molecule has 0 aliphatic carbocycles. The lowest BCUT2D eigenvalue weighted by molar-refractivity contribution is 0.619.